The van der Waals surface area contributed by atoms with Crippen molar-refractivity contribution in [1.82, 2.24) is 4.90 Å². The molecule has 0 spiro atoms. The molecular weight excluding hydrogens is 206 g/mol. The van der Waals surface area contributed by atoms with E-state index < -0.39 is 0 Å². The Kier molecular flexibility index (Phi) is 10.4. The Balaban J connectivity index is 0. The molecule has 2 heteroatoms. The van der Waals surface area contributed by atoms with Gasteiger partial charge in [-0.1, -0.05) is 49.6 Å². The smallest absolute Gasteiger partial charge is 0.0140 e. The minimum atomic E-state index is 0. The average Bonchev–Trinajstić information content (AvgIpc) is 2.17. The molecular formula is C13H20ClN. The Morgan fingerprint density at radius 2 is 1.20 bits per heavy atom. The zero-order valence-corrected chi connectivity index (χ0v) is 10.6. The summed E-state index contributed by atoms with van der Waals surface area (Å²) in [5, 5.41) is 0. The Bertz CT molecular complexity index is 263. The lowest BCUT2D eigenvalue weighted by molar-refractivity contribution is 0.505. The van der Waals surface area contributed by atoms with E-state index in [1.165, 1.54) is 0 Å². The van der Waals surface area contributed by atoms with E-state index in [0.29, 0.717) is 0 Å². The van der Waals surface area contributed by atoms with Crippen LogP contribution in [0.25, 0.3) is 12.2 Å². The number of hydrogen-bond donors (Lipinski definition) is 0. The van der Waals surface area contributed by atoms with Crippen LogP contribution in [0.5, 0.6) is 0 Å². The molecule has 0 unspecified atom stereocenters. The van der Waals surface area contributed by atoms with Gasteiger partial charge in [-0.05, 0) is 32.3 Å². The third-order valence-electron chi connectivity index (χ3n) is 1.44. The highest BCUT2D eigenvalue weighted by Gasteiger charge is 1.89. The molecule has 0 aliphatic rings. The fourth-order valence-electron chi connectivity index (χ4n) is 0.883. The van der Waals surface area contributed by atoms with Crippen molar-refractivity contribution in [3.05, 3.63) is 48.6 Å². The molecule has 0 atom stereocenters. The molecule has 0 amide bonds. The van der Waals surface area contributed by atoms with Crippen LogP contribution in [-0.2, 0) is 0 Å². The second kappa shape index (κ2) is 9.50. The molecule has 15 heavy (non-hydrogen) atoms. The number of halogens is 1. The third kappa shape index (κ3) is 7.98. The summed E-state index contributed by atoms with van der Waals surface area (Å²) in [7, 11) is 6.00. The number of nitrogens with zero attached hydrogens (tertiary/aromatic N) is 1. The van der Waals surface area contributed by atoms with Gasteiger partial charge in [0.2, 0.25) is 0 Å². The van der Waals surface area contributed by atoms with Gasteiger partial charge in [0.1, 0.15) is 0 Å². The summed E-state index contributed by atoms with van der Waals surface area (Å²) >= 11 is 0. The first-order valence-electron chi connectivity index (χ1n) is 4.56. The van der Waals surface area contributed by atoms with Crippen molar-refractivity contribution >= 4 is 24.6 Å². The van der Waals surface area contributed by atoms with Crippen LogP contribution < -0.4 is 0 Å². The molecule has 0 bridgehead atoms. The Morgan fingerprint density at radius 3 is 1.40 bits per heavy atom. The molecule has 0 N–H and O–H groups in total. The lowest BCUT2D eigenvalue weighted by Gasteiger charge is -1.96. The van der Waals surface area contributed by atoms with Crippen LogP contribution in [0.3, 0.4) is 0 Å². The van der Waals surface area contributed by atoms with Gasteiger partial charge in [0, 0.05) is 0 Å². The minimum absolute atomic E-state index is 0. The van der Waals surface area contributed by atoms with Crippen LogP contribution in [0.1, 0.15) is 11.1 Å². The van der Waals surface area contributed by atoms with Gasteiger partial charge in [-0.15, -0.1) is 12.4 Å². The van der Waals surface area contributed by atoms with E-state index in [9.17, 15) is 0 Å². The van der Waals surface area contributed by atoms with Gasteiger partial charge in [-0.25, -0.2) is 0 Å². The molecule has 1 aromatic rings. The van der Waals surface area contributed by atoms with E-state index in [1.807, 2.05) is 62.5 Å². The highest BCUT2D eigenvalue weighted by atomic mass is 35.5. The number of rotatable bonds is 2. The predicted molar refractivity (Wildman–Crippen MR) is 73.5 cm³/mol. The van der Waals surface area contributed by atoms with Crippen molar-refractivity contribution in [2.24, 2.45) is 0 Å². The van der Waals surface area contributed by atoms with E-state index in [0.717, 1.165) is 11.1 Å². The average molecular weight is 226 g/mol. The standard InChI is InChI=1S/C10H10.C3H9N.ClH/c1-3-9-7-5-6-8-10(9)4-2;1-4(2)3;/h3-8H,1-2H2;1-3H3;1H. The van der Waals surface area contributed by atoms with Crippen molar-refractivity contribution in [2.45, 2.75) is 0 Å². The quantitative estimate of drug-likeness (QED) is 0.744. The summed E-state index contributed by atoms with van der Waals surface area (Å²) in [6, 6.07) is 8.02. The molecule has 0 saturated heterocycles. The molecule has 0 saturated carbocycles. The molecule has 1 nitrogen and oxygen atoms in total. The first-order chi connectivity index (χ1) is 6.61. The van der Waals surface area contributed by atoms with Crippen LogP contribution in [0, 0.1) is 0 Å². The second-order valence-corrected chi connectivity index (χ2v) is 3.38. The highest BCUT2D eigenvalue weighted by molar-refractivity contribution is 5.85. The van der Waals surface area contributed by atoms with Gasteiger partial charge in [-0.2, -0.15) is 0 Å². The van der Waals surface area contributed by atoms with Crippen LogP contribution in [0.2, 0.25) is 0 Å². The molecule has 0 radical (unpaired) electrons. The number of hydrogen-bond acceptors (Lipinski definition) is 1. The summed E-state index contributed by atoms with van der Waals surface area (Å²) in [4.78, 5) is 2.00. The van der Waals surface area contributed by atoms with E-state index in [2.05, 4.69) is 13.2 Å². The lowest BCUT2D eigenvalue weighted by Crippen LogP contribution is -1.99. The fourth-order valence-corrected chi connectivity index (χ4v) is 0.883. The van der Waals surface area contributed by atoms with E-state index >= 15 is 0 Å². The summed E-state index contributed by atoms with van der Waals surface area (Å²) < 4.78 is 0. The maximum absolute atomic E-state index is 3.69. The van der Waals surface area contributed by atoms with Crippen LogP contribution in [0.4, 0.5) is 0 Å². The Labute approximate surface area is 99.5 Å². The van der Waals surface area contributed by atoms with Gasteiger partial charge < -0.3 is 4.90 Å². The summed E-state index contributed by atoms with van der Waals surface area (Å²) in [6.07, 6.45) is 3.66. The van der Waals surface area contributed by atoms with Crippen LogP contribution in [0.15, 0.2) is 37.4 Å². The molecule has 0 heterocycles. The molecule has 1 aromatic carbocycles. The maximum Gasteiger partial charge on any atom is -0.0140 e. The van der Waals surface area contributed by atoms with E-state index in [-0.39, 0.29) is 12.4 Å². The molecule has 0 aliphatic carbocycles. The monoisotopic (exact) mass is 225 g/mol. The zero-order valence-electron chi connectivity index (χ0n) is 9.73. The SMILES string of the molecule is C=Cc1ccccc1C=C.CN(C)C.Cl. The second-order valence-electron chi connectivity index (χ2n) is 3.38. The summed E-state index contributed by atoms with van der Waals surface area (Å²) in [5.74, 6) is 0. The fraction of sp³-hybridized carbons (Fsp3) is 0.231. The van der Waals surface area contributed by atoms with Gasteiger partial charge in [-0.3, -0.25) is 0 Å². The number of benzene rings is 1. The first kappa shape index (κ1) is 16.4. The third-order valence-corrected chi connectivity index (χ3v) is 1.44. The Morgan fingerprint density at radius 1 is 0.933 bits per heavy atom. The zero-order chi connectivity index (χ0) is 11.0. The normalized spacial score (nSPS) is 8.27. The summed E-state index contributed by atoms with van der Waals surface area (Å²) in [5.41, 5.74) is 2.27. The van der Waals surface area contributed by atoms with Crippen molar-refractivity contribution in [2.75, 3.05) is 21.1 Å². The first-order valence-corrected chi connectivity index (χ1v) is 4.56. The highest BCUT2D eigenvalue weighted by Crippen LogP contribution is 2.10. The lowest BCUT2D eigenvalue weighted by atomic mass is 10.1. The largest absolute Gasteiger partial charge is 0.312 e. The van der Waals surface area contributed by atoms with Gasteiger partial charge in [0.05, 0.1) is 0 Å². The molecule has 1 rings (SSSR count). The van der Waals surface area contributed by atoms with Crippen LogP contribution >= 0.6 is 12.4 Å². The van der Waals surface area contributed by atoms with Crippen molar-refractivity contribution in [3.8, 4) is 0 Å². The molecule has 0 fully saturated rings. The molecule has 0 aromatic heterocycles. The summed E-state index contributed by atoms with van der Waals surface area (Å²) in [6.45, 7) is 7.38. The van der Waals surface area contributed by atoms with Crippen molar-refractivity contribution in [1.29, 1.82) is 0 Å². The van der Waals surface area contributed by atoms with E-state index in [4.69, 9.17) is 0 Å². The molecule has 84 valence electrons. The topological polar surface area (TPSA) is 3.24 Å². The van der Waals surface area contributed by atoms with Crippen LogP contribution in [-0.4, -0.2) is 26.0 Å². The van der Waals surface area contributed by atoms with Gasteiger partial charge >= 0.3 is 0 Å². The van der Waals surface area contributed by atoms with E-state index in [1.54, 1.807) is 0 Å². The van der Waals surface area contributed by atoms with Gasteiger partial charge in [0.25, 0.3) is 0 Å². The minimum Gasteiger partial charge on any atom is -0.312 e. The maximum atomic E-state index is 3.69. The van der Waals surface area contributed by atoms with Crippen molar-refractivity contribution in [3.63, 3.8) is 0 Å². The predicted octanol–water partition coefficient (Wildman–Crippen LogP) is 3.57. The Hall–Kier alpha value is -1.05. The van der Waals surface area contributed by atoms with Gasteiger partial charge in [0.15, 0.2) is 0 Å². The van der Waals surface area contributed by atoms with Crippen molar-refractivity contribution < 1.29 is 0 Å². The molecule has 0 aliphatic heterocycles.